The second-order valence-electron chi connectivity index (χ2n) is 11.7. The maximum Gasteiger partial charge on any atom is 0.0544 e. The molecule has 0 spiro atoms. The van der Waals surface area contributed by atoms with Crippen molar-refractivity contribution >= 4 is 50.5 Å². The Morgan fingerprint density at radius 3 is 2.00 bits per heavy atom. The van der Waals surface area contributed by atoms with Crippen molar-refractivity contribution in [3.63, 3.8) is 0 Å². The van der Waals surface area contributed by atoms with Crippen molar-refractivity contribution in [1.29, 1.82) is 0 Å². The predicted octanol–water partition coefficient (Wildman–Crippen LogP) is 11.4. The SMILES string of the molecule is CC1(C)c2cc(-c3cccc4c3[nH]c3ccccc34)ccc2-c2ccc(N(c3ccccc3)c3ccc(Cl)cc3)cc21. The molecule has 1 aromatic heterocycles. The minimum Gasteiger partial charge on any atom is -0.354 e. The first-order valence-electron chi connectivity index (χ1n) is 14.4. The lowest BCUT2D eigenvalue weighted by molar-refractivity contribution is 0.660. The molecule has 202 valence electrons. The summed E-state index contributed by atoms with van der Waals surface area (Å²) in [5.41, 5.74) is 13.3. The van der Waals surface area contributed by atoms with Crippen molar-refractivity contribution in [3.05, 3.63) is 150 Å². The van der Waals surface area contributed by atoms with Crippen LogP contribution in [-0.2, 0) is 5.41 Å². The molecule has 1 heterocycles. The second kappa shape index (κ2) is 9.37. The Bertz CT molecular complexity index is 2120. The summed E-state index contributed by atoms with van der Waals surface area (Å²) in [4.78, 5) is 5.99. The fourth-order valence-corrected chi connectivity index (χ4v) is 6.89. The van der Waals surface area contributed by atoms with Crippen molar-refractivity contribution in [2.75, 3.05) is 4.90 Å². The molecule has 0 amide bonds. The van der Waals surface area contributed by atoms with Crippen LogP contribution in [0.25, 0.3) is 44.1 Å². The van der Waals surface area contributed by atoms with E-state index in [1.807, 2.05) is 12.1 Å². The van der Waals surface area contributed by atoms with E-state index in [1.54, 1.807) is 0 Å². The van der Waals surface area contributed by atoms with Crippen molar-refractivity contribution < 1.29 is 0 Å². The van der Waals surface area contributed by atoms with Crippen LogP contribution in [0.1, 0.15) is 25.0 Å². The highest BCUT2D eigenvalue weighted by Crippen LogP contribution is 2.52. The van der Waals surface area contributed by atoms with Crippen LogP contribution in [0.2, 0.25) is 5.02 Å². The lowest BCUT2D eigenvalue weighted by atomic mass is 9.81. The van der Waals surface area contributed by atoms with E-state index < -0.39 is 0 Å². The zero-order valence-corrected chi connectivity index (χ0v) is 24.3. The summed E-state index contributed by atoms with van der Waals surface area (Å²) in [6.07, 6.45) is 0. The Kier molecular flexibility index (Phi) is 5.57. The van der Waals surface area contributed by atoms with Gasteiger partial charge in [-0.25, -0.2) is 0 Å². The standard InChI is InChI=1S/C39H29ClN2/c1-39(2)35-23-25(30-12-8-13-34-33-11-6-7-14-37(33)41-38(30)34)15-21-31(35)32-22-20-29(24-36(32)39)42(27-9-4-3-5-10-27)28-18-16-26(40)17-19-28/h3-24,41H,1-2H3. The van der Waals surface area contributed by atoms with Gasteiger partial charge >= 0.3 is 0 Å². The van der Waals surface area contributed by atoms with E-state index in [4.69, 9.17) is 11.6 Å². The Morgan fingerprint density at radius 2 is 1.19 bits per heavy atom. The zero-order valence-electron chi connectivity index (χ0n) is 23.5. The van der Waals surface area contributed by atoms with Gasteiger partial charge < -0.3 is 9.88 Å². The molecule has 6 aromatic carbocycles. The number of nitrogens with zero attached hydrogens (tertiary/aromatic N) is 1. The number of rotatable bonds is 4. The van der Waals surface area contributed by atoms with E-state index in [-0.39, 0.29) is 5.41 Å². The number of H-pyrrole nitrogens is 1. The zero-order chi connectivity index (χ0) is 28.4. The van der Waals surface area contributed by atoms with E-state index in [0.29, 0.717) is 0 Å². The van der Waals surface area contributed by atoms with Gasteiger partial charge in [0.05, 0.1) is 5.52 Å². The molecule has 0 bridgehead atoms. The molecule has 0 aliphatic heterocycles. The fourth-order valence-electron chi connectivity index (χ4n) is 6.76. The van der Waals surface area contributed by atoms with Gasteiger partial charge in [-0.05, 0) is 88.5 Å². The highest BCUT2D eigenvalue weighted by atomic mass is 35.5. The molecule has 7 aromatic rings. The molecule has 8 rings (SSSR count). The number of benzene rings is 6. The molecule has 3 heteroatoms. The summed E-state index contributed by atoms with van der Waals surface area (Å²) < 4.78 is 0. The predicted molar refractivity (Wildman–Crippen MR) is 178 cm³/mol. The number of para-hydroxylation sites is 3. The second-order valence-corrected chi connectivity index (χ2v) is 12.1. The first kappa shape index (κ1) is 25.0. The number of nitrogens with one attached hydrogen (secondary N) is 1. The third-order valence-corrected chi connectivity index (χ3v) is 9.12. The van der Waals surface area contributed by atoms with Gasteiger partial charge in [0.1, 0.15) is 0 Å². The van der Waals surface area contributed by atoms with Crippen molar-refractivity contribution in [2.24, 2.45) is 0 Å². The van der Waals surface area contributed by atoms with Crippen molar-refractivity contribution in [2.45, 2.75) is 19.3 Å². The smallest absolute Gasteiger partial charge is 0.0544 e. The molecule has 42 heavy (non-hydrogen) atoms. The van der Waals surface area contributed by atoms with Gasteiger partial charge in [-0.3, -0.25) is 0 Å². The van der Waals surface area contributed by atoms with Crippen LogP contribution in [0.5, 0.6) is 0 Å². The number of aromatic amines is 1. The third kappa shape index (κ3) is 3.79. The van der Waals surface area contributed by atoms with Crippen LogP contribution in [0.3, 0.4) is 0 Å². The van der Waals surface area contributed by atoms with Gasteiger partial charge in [-0.1, -0.05) is 98.2 Å². The minimum absolute atomic E-state index is 0.159. The van der Waals surface area contributed by atoms with Crippen LogP contribution in [0, 0.1) is 0 Å². The molecule has 0 saturated heterocycles. The first-order chi connectivity index (χ1) is 20.5. The van der Waals surface area contributed by atoms with E-state index in [9.17, 15) is 0 Å². The quantitative estimate of drug-likeness (QED) is 0.227. The number of hydrogen-bond donors (Lipinski definition) is 1. The highest BCUT2D eigenvalue weighted by molar-refractivity contribution is 6.30. The largest absolute Gasteiger partial charge is 0.354 e. The third-order valence-electron chi connectivity index (χ3n) is 8.87. The number of halogens is 1. The molecule has 0 radical (unpaired) electrons. The monoisotopic (exact) mass is 560 g/mol. The molecule has 1 N–H and O–H groups in total. The van der Waals surface area contributed by atoms with Crippen LogP contribution in [0.15, 0.2) is 133 Å². The van der Waals surface area contributed by atoms with Gasteiger partial charge in [0.2, 0.25) is 0 Å². The number of anilines is 3. The molecule has 1 aliphatic carbocycles. The number of fused-ring (bicyclic) bond motifs is 6. The molecule has 0 fully saturated rings. The summed E-state index contributed by atoms with van der Waals surface area (Å²) in [7, 11) is 0. The Balaban J connectivity index is 1.25. The average molecular weight is 561 g/mol. The highest BCUT2D eigenvalue weighted by Gasteiger charge is 2.36. The Morgan fingerprint density at radius 1 is 0.548 bits per heavy atom. The van der Waals surface area contributed by atoms with Crippen molar-refractivity contribution in [1.82, 2.24) is 4.98 Å². The molecule has 1 aliphatic rings. The lowest BCUT2D eigenvalue weighted by Crippen LogP contribution is -2.16. The van der Waals surface area contributed by atoms with Crippen LogP contribution in [0.4, 0.5) is 17.1 Å². The maximum absolute atomic E-state index is 6.26. The average Bonchev–Trinajstić information content (AvgIpc) is 3.51. The van der Waals surface area contributed by atoms with E-state index in [0.717, 1.165) is 22.1 Å². The van der Waals surface area contributed by atoms with Gasteiger partial charge in [0, 0.05) is 49.4 Å². The van der Waals surface area contributed by atoms with E-state index in [2.05, 4.69) is 145 Å². The van der Waals surface area contributed by atoms with Gasteiger partial charge in [0.25, 0.3) is 0 Å². The molecule has 0 unspecified atom stereocenters. The van der Waals surface area contributed by atoms with E-state index >= 15 is 0 Å². The number of hydrogen-bond acceptors (Lipinski definition) is 1. The first-order valence-corrected chi connectivity index (χ1v) is 14.8. The Labute approximate surface area is 250 Å². The summed E-state index contributed by atoms with van der Waals surface area (Å²) in [6, 6.07) is 47.7. The normalized spacial score (nSPS) is 13.3. The fraction of sp³-hybridized carbons (Fsp3) is 0.0769. The lowest BCUT2D eigenvalue weighted by Gasteiger charge is -2.28. The molecular formula is C39H29ClN2. The molecular weight excluding hydrogens is 532 g/mol. The Hall–Kier alpha value is -4.79. The van der Waals surface area contributed by atoms with Gasteiger partial charge in [0.15, 0.2) is 0 Å². The molecule has 0 saturated carbocycles. The topological polar surface area (TPSA) is 19.0 Å². The summed E-state index contributed by atoms with van der Waals surface area (Å²) in [5, 5.41) is 3.26. The van der Waals surface area contributed by atoms with Crippen LogP contribution in [-0.4, -0.2) is 4.98 Å². The van der Waals surface area contributed by atoms with E-state index in [1.165, 1.54) is 55.2 Å². The van der Waals surface area contributed by atoms with Crippen LogP contribution >= 0.6 is 11.6 Å². The van der Waals surface area contributed by atoms with Crippen molar-refractivity contribution in [3.8, 4) is 22.3 Å². The summed E-state index contributed by atoms with van der Waals surface area (Å²) in [6.45, 7) is 4.70. The summed E-state index contributed by atoms with van der Waals surface area (Å²) >= 11 is 6.26. The number of aromatic nitrogens is 1. The van der Waals surface area contributed by atoms with Crippen LogP contribution < -0.4 is 4.90 Å². The maximum atomic E-state index is 6.26. The van der Waals surface area contributed by atoms with Gasteiger partial charge in [-0.2, -0.15) is 0 Å². The minimum atomic E-state index is -0.159. The summed E-state index contributed by atoms with van der Waals surface area (Å²) in [5.74, 6) is 0. The molecule has 0 atom stereocenters. The van der Waals surface area contributed by atoms with Gasteiger partial charge in [-0.15, -0.1) is 0 Å². The molecule has 2 nitrogen and oxygen atoms in total.